The Morgan fingerprint density at radius 2 is 1.95 bits per heavy atom. The summed E-state index contributed by atoms with van der Waals surface area (Å²) in [6.07, 6.45) is 0.488. The van der Waals surface area contributed by atoms with Crippen LogP contribution in [0.25, 0.3) is 0 Å². The van der Waals surface area contributed by atoms with Gasteiger partial charge in [-0.15, -0.1) is 0 Å². The average molecular weight is 301 g/mol. The monoisotopic (exact) mass is 301 g/mol. The molecule has 1 aromatic carbocycles. The fraction of sp³-hybridized carbons (Fsp3) is 0.500. The minimum absolute atomic E-state index is 0.0225. The Labute approximate surface area is 118 Å². The van der Waals surface area contributed by atoms with Gasteiger partial charge in [0.05, 0.1) is 9.82 Å². The molecule has 0 saturated heterocycles. The summed E-state index contributed by atoms with van der Waals surface area (Å²) in [5.74, 6) is 0. The third-order valence-electron chi connectivity index (χ3n) is 2.78. The maximum absolute atomic E-state index is 12.2. The van der Waals surface area contributed by atoms with Crippen molar-refractivity contribution >= 4 is 15.7 Å². The number of aryl methyl sites for hydroxylation is 1. The number of non-ortho nitro benzene ring substituents is 1. The van der Waals surface area contributed by atoms with Gasteiger partial charge < -0.3 is 5.32 Å². The molecular weight excluding hydrogens is 282 g/mol. The zero-order valence-electron chi connectivity index (χ0n) is 11.5. The lowest BCUT2D eigenvalue weighted by molar-refractivity contribution is -0.385. The highest BCUT2D eigenvalue weighted by Crippen LogP contribution is 2.22. The highest BCUT2D eigenvalue weighted by atomic mass is 32.2. The summed E-state index contributed by atoms with van der Waals surface area (Å²) >= 11 is 0. The van der Waals surface area contributed by atoms with E-state index in [4.69, 9.17) is 0 Å². The number of rotatable bonds is 8. The zero-order chi connectivity index (χ0) is 15.2. The highest BCUT2D eigenvalue weighted by molar-refractivity contribution is 7.89. The Morgan fingerprint density at radius 3 is 2.50 bits per heavy atom. The molecule has 0 saturated carbocycles. The van der Waals surface area contributed by atoms with Gasteiger partial charge in [0.25, 0.3) is 5.69 Å². The largest absolute Gasteiger partial charge is 0.316 e. The Balaban J connectivity index is 3.02. The molecule has 7 nitrogen and oxygen atoms in total. The molecule has 0 unspecified atom stereocenters. The minimum Gasteiger partial charge on any atom is -0.316 e. The molecule has 0 spiro atoms. The molecule has 0 heterocycles. The van der Waals surface area contributed by atoms with Crippen LogP contribution in [0, 0.1) is 10.1 Å². The summed E-state index contributed by atoms with van der Waals surface area (Å²) < 4.78 is 26.8. The van der Waals surface area contributed by atoms with Crippen LogP contribution < -0.4 is 10.0 Å². The fourth-order valence-electron chi connectivity index (χ4n) is 1.73. The molecule has 0 radical (unpaired) electrons. The number of nitrogens with one attached hydrogen (secondary N) is 2. The first-order chi connectivity index (χ1) is 9.42. The molecule has 2 N–H and O–H groups in total. The minimum atomic E-state index is -3.73. The van der Waals surface area contributed by atoms with Gasteiger partial charge in [-0.05, 0) is 18.5 Å². The number of nitro groups is 1. The fourth-order valence-corrected chi connectivity index (χ4v) is 3.09. The van der Waals surface area contributed by atoms with Crippen LogP contribution in [-0.4, -0.2) is 33.0 Å². The van der Waals surface area contributed by atoms with Gasteiger partial charge in [0, 0.05) is 25.2 Å². The molecule has 0 fully saturated rings. The third-order valence-corrected chi connectivity index (χ3v) is 4.32. The molecule has 112 valence electrons. The lowest BCUT2D eigenvalue weighted by Gasteiger charge is -2.10. The Hall–Kier alpha value is -1.51. The molecule has 0 amide bonds. The smallest absolute Gasteiger partial charge is 0.270 e. The molecule has 0 aliphatic heterocycles. The molecule has 1 aromatic rings. The van der Waals surface area contributed by atoms with E-state index in [9.17, 15) is 18.5 Å². The number of nitrogens with zero attached hydrogens (tertiary/aromatic N) is 1. The predicted molar refractivity (Wildman–Crippen MR) is 76.2 cm³/mol. The Morgan fingerprint density at radius 1 is 1.25 bits per heavy atom. The predicted octanol–water partition coefficient (Wildman–Crippen LogP) is 1.05. The van der Waals surface area contributed by atoms with Crippen LogP contribution in [0.2, 0.25) is 0 Å². The molecule has 20 heavy (non-hydrogen) atoms. The van der Waals surface area contributed by atoms with Crippen molar-refractivity contribution in [1.29, 1.82) is 0 Å². The molecule has 0 aliphatic rings. The van der Waals surface area contributed by atoms with Crippen molar-refractivity contribution in [2.24, 2.45) is 0 Å². The number of hydrogen-bond donors (Lipinski definition) is 2. The normalized spacial score (nSPS) is 11.5. The molecule has 8 heteroatoms. The van der Waals surface area contributed by atoms with Crippen molar-refractivity contribution in [2.75, 3.05) is 19.6 Å². The van der Waals surface area contributed by atoms with Gasteiger partial charge in [0.1, 0.15) is 0 Å². The van der Waals surface area contributed by atoms with E-state index >= 15 is 0 Å². The number of sulfonamides is 1. The van der Waals surface area contributed by atoms with Gasteiger partial charge in [-0.1, -0.05) is 19.9 Å². The number of likely N-dealkylation sites (N-methyl/N-ethyl adjacent to an activating group) is 1. The summed E-state index contributed by atoms with van der Waals surface area (Å²) in [7, 11) is -3.73. The lowest BCUT2D eigenvalue weighted by atomic mass is 10.1. The standard InChI is InChI=1S/C12H19N3O4S/c1-3-10-5-6-11(15(16)17)9-12(10)20(18,19)14-8-7-13-4-2/h5-6,9,13-14H,3-4,7-8H2,1-2H3. The van der Waals surface area contributed by atoms with E-state index in [0.29, 0.717) is 18.5 Å². The molecule has 0 aliphatic carbocycles. The first-order valence-electron chi connectivity index (χ1n) is 6.40. The Bertz CT molecular complexity index is 572. The molecular formula is C12H19N3O4S. The second-order valence-electron chi connectivity index (χ2n) is 4.15. The van der Waals surface area contributed by atoms with E-state index in [0.717, 1.165) is 12.6 Å². The van der Waals surface area contributed by atoms with Crippen LogP contribution in [-0.2, 0) is 16.4 Å². The summed E-state index contributed by atoms with van der Waals surface area (Å²) in [6.45, 7) is 5.22. The molecule has 1 rings (SSSR count). The first kappa shape index (κ1) is 16.5. The second-order valence-corrected chi connectivity index (χ2v) is 5.89. The summed E-state index contributed by atoms with van der Waals surface area (Å²) in [5.41, 5.74) is 0.334. The molecule has 0 atom stereocenters. The van der Waals surface area contributed by atoms with Crippen LogP contribution >= 0.6 is 0 Å². The topological polar surface area (TPSA) is 101 Å². The van der Waals surface area contributed by atoms with Gasteiger partial charge in [-0.2, -0.15) is 0 Å². The summed E-state index contributed by atoms with van der Waals surface area (Å²) in [5, 5.41) is 13.8. The van der Waals surface area contributed by atoms with Gasteiger partial charge in [0.15, 0.2) is 0 Å². The van der Waals surface area contributed by atoms with Crippen LogP contribution in [0.3, 0.4) is 0 Å². The van der Waals surface area contributed by atoms with Crippen molar-refractivity contribution in [3.05, 3.63) is 33.9 Å². The van der Waals surface area contributed by atoms with Crippen LogP contribution in [0.15, 0.2) is 23.1 Å². The van der Waals surface area contributed by atoms with Gasteiger partial charge in [-0.25, -0.2) is 13.1 Å². The number of benzene rings is 1. The zero-order valence-corrected chi connectivity index (χ0v) is 12.4. The van der Waals surface area contributed by atoms with E-state index in [-0.39, 0.29) is 17.1 Å². The SMILES string of the molecule is CCNCCNS(=O)(=O)c1cc([N+](=O)[O-])ccc1CC. The van der Waals surface area contributed by atoms with E-state index in [1.54, 1.807) is 6.92 Å². The van der Waals surface area contributed by atoms with E-state index in [1.807, 2.05) is 6.92 Å². The molecule has 0 aromatic heterocycles. The maximum atomic E-state index is 12.2. The average Bonchev–Trinajstić information content (AvgIpc) is 2.42. The second kappa shape index (κ2) is 7.32. The summed E-state index contributed by atoms with van der Waals surface area (Å²) in [6, 6.07) is 3.90. The quantitative estimate of drug-likeness (QED) is 0.424. The van der Waals surface area contributed by atoms with E-state index in [1.165, 1.54) is 12.1 Å². The third kappa shape index (κ3) is 4.26. The Kier molecular flexibility index (Phi) is 6.05. The van der Waals surface area contributed by atoms with Crippen molar-refractivity contribution in [3.63, 3.8) is 0 Å². The maximum Gasteiger partial charge on any atom is 0.270 e. The number of hydrogen-bond acceptors (Lipinski definition) is 5. The van der Waals surface area contributed by atoms with Gasteiger partial charge in [0.2, 0.25) is 10.0 Å². The van der Waals surface area contributed by atoms with Gasteiger partial charge >= 0.3 is 0 Å². The molecule has 0 bridgehead atoms. The van der Waals surface area contributed by atoms with Crippen molar-refractivity contribution < 1.29 is 13.3 Å². The first-order valence-corrected chi connectivity index (χ1v) is 7.88. The summed E-state index contributed by atoms with van der Waals surface area (Å²) in [4.78, 5) is 10.1. The van der Waals surface area contributed by atoms with Gasteiger partial charge in [-0.3, -0.25) is 10.1 Å². The van der Waals surface area contributed by atoms with Crippen LogP contribution in [0.5, 0.6) is 0 Å². The van der Waals surface area contributed by atoms with Crippen molar-refractivity contribution in [2.45, 2.75) is 25.2 Å². The van der Waals surface area contributed by atoms with E-state index in [2.05, 4.69) is 10.0 Å². The van der Waals surface area contributed by atoms with Crippen molar-refractivity contribution in [1.82, 2.24) is 10.0 Å². The van der Waals surface area contributed by atoms with Crippen LogP contribution in [0.4, 0.5) is 5.69 Å². The van der Waals surface area contributed by atoms with E-state index < -0.39 is 14.9 Å². The van der Waals surface area contributed by atoms with Crippen molar-refractivity contribution in [3.8, 4) is 0 Å². The van der Waals surface area contributed by atoms with Crippen LogP contribution in [0.1, 0.15) is 19.4 Å². The lowest BCUT2D eigenvalue weighted by Crippen LogP contribution is -2.32. The highest BCUT2D eigenvalue weighted by Gasteiger charge is 2.20. The number of nitro benzene ring substituents is 1.